The third-order valence-corrected chi connectivity index (χ3v) is 12.5. The van der Waals surface area contributed by atoms with Gasteiger partial charge >= 0.3 is 0 Å². The molecule has 0 spiro atoms. The minimum Gasteiger partial charge on any atom is -0.472 e. The second-order valence-electron chi connectivity index (χ2n) is 14.5. The Bertz CT molecular complexity index is 2270. The number of amides is 4. The third-order valence-electron chi connectivity index (χ3n) is 10.7. The van der Waals surface area contributed by atoms with Crippen molar-refractivity contribution in [3.8, 4) is 5.88 Å². The monoisotopic (exact) mass is 752 g/mol. The van der Waals surface area contributed by atoms with E-state index in [-0.39, 0.29) is 24.9 Å². The van der Waals surface area contributed by atoms with Gasteiger partial charge in [-0.05, 0) is 68.2 Å². The van der Waals surface area contributed by atoms with Crippen molar-refractivity contribution in [2.45, 2.75) is 86.8 Å². The molecule has 8 rings (SSSR count). The molecule has 3 N–H and O–H groups in total. The predicted molar refractivity (Wildman–Crippen MR) is 196 cm³/mol. The van der Waals surface area contributed by atoms with Gasteiger partial charge in [0.05, 0.1) is 29.8 Å². The number of pyridine rings is 2. The van der Waals surface area contributed by atoms with Crippen LogP contribution >= 0.6 is 0 Å². The molecule has 2 saturated carbocycles. The second-order valence-corrected chi connectivity index (χ2v) is 16.4. The summed E-state index contributed by atoms with van der Waals surface area (Å²) in [5, 5.41) is 15.1. The largest absolute Gasteiger partial charge is 0.472 e. The SMILES string of the molecule is O=C(N[C@H]1CCCCCC=C[C@@H]2C[C@@]2(C(=O)NS(=O)(=O)C2CC2)NC(=O)[C@@H]2C[C@@H](Oc3nc4ncccc4c4ccccc34)CN2C1=O)c1ccnnc1. The number of allylic oxidation sites excluding steroid dienone is 1. The summed E-state index contributed by atoms with van der Waals surface area (Å²) < 4.78 is 34.5. The van der Waals surface area contributed by atoms with Crippen molar-refractivity contribution in [1.29, 1.82) is 0 Å². The van der Waals surface area contributed by atoms with Gasteiger partial charge in [0.25, 0.3) is 11.8 Å². The molecule has 3 aromatic heterocycles. The highest BCUT2D eigenvalue weighted by molar-refractivity contribution is 7.91. The number of ether oxygens (including phenoxy) is 1. The number of fused-ring (bicyclic) bond motifs is 5. The fraction of sp³-hybridized carbons (Fsp3) is 0.421. The van der Waals surface area contributed by atoms with Crippen molar-refractivity contribution in [2.75, 3.05) is 6.54 Å². The average molecular weight is 753 g/mol. The van der Waals surface area contributed by atoms with Crippen LogP contribution in [0.2, 0.25) is 0 Å². The zero-order chi connectivity index (χ0) is 37.5. The summed E-state index contributed by atoms with van der Waals surface area (Å²) in [4.78, 5) is 66.6. The smallest absolute Gasteiger partial charge is 0.259 e. The normalized spacial score (nSPS) is 26.2. The Morgan fingerprint density at radius 2 is 1.76 bits per heavy atom. The molecular weight excluding hydrogens is 713 g/mol. The number of carbonyl (C=O) groups excluding carboxylic acids is 4. The maximum Gasteiger partial charge on any atom is 0.259 e. The third kappa shape index (κ3) is 7.09. The lowest BCUT2D eigenvalue weighted by atomic mass is 10.0. The quantitative estimate of drug-likeness (QED) is 0.185. The van der Waals surface area contributed by atoms with Crippen LogP contribution in [0.25, 0.3) is 21.8 Å². The summed E-state index contributed by atoms with van der Waals surface area (Å²) >= 11 is 0. The van der Waals surface area contributed by atoms with Crippen LogP contribution in [0.5, 0.6) is 5.88 Å². The topological polar surface area (TPSA) is 203 Å². The van der Waals surface area contributed by atoms with E-state index in [1.807, 2.05) is 48.6 Å². The molecular formula is C38H40N8O7S. The van der Waals surface area contributed by atoms with Gasteiger partial charge in [0.15, 0.2) is 5.65 Å². The van der Waals surface area contributed by atoms with Crippen LogP contribution < -0.4 is 20.1 Å². The number of nitrogens with one attached hydrogen (secondary N) is 3. The molecule has 1 saturated heterocycles. The zero-order valence-electron chi connectivity index (χ0n) is 29.4. The maximum absolute atomic E-state index is 14.6. The summed E-state index contributed by atoms with van der Waals surface area (Å²) in [5.41, 5.74) is -0.802. The van der Waals surface area contributed by atoms with E-state index in [0.29, 0.717) is 43.6 Å². The van der Waals surface area contributed by atoms with Crippen LogP contribution in [0.4, 0.5) is 0 Å². The Balaban J connectivity index is 1.12. The molecule has 3 fully saturated rings. The number of benzene rings is 1. The van der Waals surface area contributed by atoms with E-state index < -0.39 is 68.5 Å². The molecule has 54 heavy (non-hydrogen) atoms. The highest BCUT2D eigenvalue weighted by atomic mass is 32.2. The van der Waals surface area contributed by atoms with E-state index in [1.165, 1.54) is 23.4 Å². The van der Waals surface area contributed by atoms with Crippen LogP contribution in [0.3, 0.4) is 0 Å². The Hall–Kier alpha value is -5.51. The van der Waals surface area contributed by atoms with Gasteiger partial charge in [0, 0.05) is 29.3 Å². The Morgan fingerprint density at radius 3 is 2.56 bits per heavy atom. The van der Waals surface area contributed by atoms with Gasteiger partial charge in [-0.3, -0.25) is 23.9 Å². The van der Waals surface area contributed by atoms with E-state index >= 15 is 0 Å². The first-order chi connectivity index (χ1) is 26.1. The van der Waals surface area contributed by atoms with E-state index in [2.05, 4.69) is 30.5 Å². The van der Waals surface area contributed by atoms with Gasteiger partial charge in [-0.25, -0.2) is 13.4 Å². The Morgan fingerprint density at radius 1 is 0.944 bits per heavy atom. The number of rotatable bonds is 7. The van der Waals surface area contributed by atoms with Crippen molar-refractivity contribution in [3.05, 3.63) is 78.8 Å². The van der Waals surface area contributed by atoms with Gasteiger partial charge in [-0.15, -0.1) is 0 Å². The van der Waals surface area contributed by atoms with Gasteiger partial charge in [0.1, 0.15) is 23.7 Å². The average Bonchev–Trinajstić information content (AvgIpc) is 4.11. The number of nitrogens with zero attached hydrogens (tertiary/aromatic N) is 5. The lowest BCUT2D eigenvalue weighted by molar-refractivity contribution is -0.141. The molecule has 15 nitrogen and oxygen atoms in total. The lowest BCUT2D eigenvalue weighted by Gasteiger charge is -2.30. The van der Waals surface area contributed by atoms with E-state index in [1.54, 1.807) is 6.20 Å². The molecule has 4 aliphatic rings. The highest BCUT2D eigenvalue weighted by Crippen LogP contribution is 2.46. The molecule has 16 heteroatoms. The predicted octanol–water partition coefficient (Wildman–Crippen LogP) is 2.72. The summed E-state index contributed by atoms with van der Waals surface area (Å²) in [7, 11) is -3.90. The second kappa shape index (κ2) is 14.4. The highest BCUT2D eigenvalue weighted by Gasteiger charge is 2.62. The zero-order valence-corrected chi connectivity index (χ0v) is 30.2. The van der Waals surface area contributed by atoms with Crippen LogP contribution in [0.1, 0.15) is 68.1 Å². The number of aromatic nitrogens is 4. The van der Waals surface area contributed by atoms with Crippen molar-refractivity contribution in [3.63, 3.8) is 0 Å². The molecule has 0 unspecified atom stereocenters. The first kappa shape index (κ1) is 35.5. The molecule has 5 atom stereocenters. The lowest BCUT2D eigenvalue weighted by Crippen LogP contribution is -2.58. The van der Waals surface area contributed by atoms with Gasteiger partial charge in [-0.2, -0.15) is 15.2 Å². The minimum atomic E-state index is -3.90. The summed E-state index contributed by atoms with van der Waals surface area (Å²) in [6.07, 6.45) is 11.8. The van der Waals surface area contributed by atoms with Crippen molar-refractivity contribution in [1.82, 2.24) is 40.4 Å². The maximum atomic E-state index is 14.6. The molecule has 280 valence electrons. The molecule has 4 amide bonds. The van der Waals surface area contributed by atoms with Crippen molar-refractivity contribution in [2.24, 2.45) is 5.92 Å². The summed E-state index contributed by atoms with van der Waals surface area (Å²) in [6, 6.07) is 10.8. The molecule has 1 aromatic carbocycles. The molecule has 4 aromatic rings. The van der Waals surface area contributed by atoms with Crippen LogP contribution in [-0.4, -0.2) is 92.6 Å². The first-order valence-electron chi connectivity index (χ1n) is 18.4. The molecule has 0 radical (unpaired) electrons. The number of carbonyl (C=O) groups is 4. The molecule has 2 aliphatic heterocycles. The van der Waals surface area contributed by atoms with Crippen molar-refractivity contribution >= 4 is 55.5 Å². The molecule has 0 bridgehead atoms. The summed E-state index contributed by atoms with van der Waals surface area (Å²) in [6.45, 7) is -0.0189. The number of hydrogen-bond acceptors (Lipinski definition) is 11. The fourth-order valence-electron chi connectivity index (χ4n) is 7.52. The molecule has 2 aliphatic carbocycles. The van der Waals surface area contributed by atoms with E-state index in [4.69, 9.17) is 9.72 Å². The summed E-state index contributed by atoms with van der Waals surface area (Å²) in [5.74, 6) is -2.54. The molecule has 5 heterocycles. The van der Waals surface area contributed by atoms with Crippen LogP contribution in [0.15, 0.2) is 73.2 Å². The van der Waals surface area contributed by atoms with Gasteiger partial charge in [-0.1, -0.05) is 43.2 Å². The van der Waals surface area contributed by atoms with Crippen LogP contribution in [0, 0.1) is 5.92 Å². The standard InChI is InChI=1S/C38H40N8O7S/c47-33(23-16-18-40-41-21-23)42-30-13-5-3-1-2-4-9-24-20-38(24,37(50)45-54(51,52)26-14-15-26)44-34(48)31-19-25(22-46(31)36(30)49)53-35-29-11-7-6-10-27(29)28-12-8-17-39-32(28)43-35/h4,6-12,16-18,21,24-26,30-31H,1-3,5,13-15,19-20,22H2,(H,42,47)(H,44,48)(H,45,50)/t24-,25-,30+,31+,38-/m1/s1. The fourth-order valence-corrected chi connectivity index (χ4v) is 8.88. The number of sulfonamides is 1. The Labute approximate surface area is 311 Å². The van der Waals surface area contributed by atoms with Gasteiger partial charge in [0.2, 0.25) is 27.7 Å². The Kier molecular flexibility index (Phi) is 9.46. The first-order valence-corrected chi connectivity index (χ1v) is 19.9. The van der Waals surface area contributed by atoms with Gasteiger partial charge < -0.3 is 20.3 Å². The van der Waals surface area contributed by atoms with E-state index in [9.17, 15) is 27.6 Å². The van der Waals surface area contributed by atoms with Crippen LogP contribution in [-0.2, 0) is 24.4 Å². The van der Waals surface area contributed by atoms with Crippen molar-refractivity contribution < 1.29 is 32.3 Å². The number of hydrogen-bond donors (Lipinski definition) is 3. The van der Waals surface area contributed by atoms with E-state index in [0.717, 1.165) is 29.0 Å². The minimum absolute atomic E-state index is 0.0189.